The molecule has 7 aromatic rings. The SMILES string of the molecule is c1ccc(N(c2ccc3c(c2)Oc2ccccc2N3c2ccccc2)c2ccc3c(c2)Oc2ccccc2N3c2ccccc2)cc1. The van der Waals surface area contributed by atoms with E-state index in [2.05, 4.69) is 136 Å². The lowest BCUT2D eigenvalue weighted by Crippen LogP contribution is -2.17. The molecular formula is C42H29N3O2. The Morgan fingerprint density at radius 1 is 0.319 bits per heavy atom. The van der Waals surface area contributed by atoms with Gasteiger partial charge in [0.2, 0.25) is 0 Å². The number of ether oxygens (including phenoxy) is 2. The number of benzene rings is 7. The van der Waals surface area contributed by atoms with E-state index < -0.39 is 0 Å². The number of nitrogens with zero attached hydrogens (tertiary/aromatic N) is 3. The van der Waals surface area contributed by atoms with Gasteiger partial charge in [-0.15, -0.1) is 0 Å². The largest absolute Gasteiger partial charge is 0.453 e. The van der Waals surface area contributed by atoms with Gasteiger partial charge >= 0.3 is 0 Å². The van der Waals surface area contributed by atoms with Crippen LogP contribution in [0.5, 0.6) is 23.0 Å². The summed E-state index contributed by atoms with van der Waals surface area (Å²) in [5.41, 5.74) is 9.10. The zero-order valence-electron chi connectivity index (χ0n) is 25.4. The maximum atomic E-state index is 6.58. The minimum absolute atomic E-state index is 0.782. The first-order chi connectivity index (χ1) is 23.3. The molecule has 0 fully saturated rings. The lowest BCUT2D eigenvalue weighted by Gasteiger charge is -2.35. The molecule has 0 N–H and O–H groups in total. The summed E-state index contributed by atoms with van der Waals surface area (Å²) in [5, 5.41) is 0. The summed E-state index contributed by atoms with van der Waals surface area (Å²) >= 11 is 0. The predicted octanol–water partition coefficient (Wildman–Crippen LogP) is 12.3. The van der Waals surface area contributed by atoms with Crippen LogP contribution < -0.4 is 24.2 Å². The Balaban J connectivity index is 1.18. The predicted molar refractivity (Wildman–Crippen MR) is 191 cm³/mol. The van der Waals surface area contributed by atoms with E-state index in [1.807, 2.05) is 54.6 Å². The highest BCUT2D eigenvalue weighted by Crippen LogP contribution is 2.54. The van der Waals surface area contributed by atoms with E-state index >= 15 is 0 Å². The molecule has 0 saturated heterocycles. The topological polar surface area (TPSA) is 28.2 Å². The summed E-state index contributed by atoms with van der Waals surface area (Å²) in [6.07, 6.45) is 0. The summed E-state index contributed by atoms with van der Waals surface area (Å²) < 4.78 is 13.2. The highest BCUT2D eigenvalue weighted by molar-refractivity contribution is 5.91. The number of rotatable bonds is 5. The molecule has 0 unspecified atom stereocenters. The molecule has 0 saturated carbocycles. The van der Waals surface area contributed by atoms with Gasteiger partial charge in [0, 0.05) is 40.6 Å². The van der Waals surface area contributed by atoms with Crippen LogP contribution in [0, 0.1) is 0 Å². The van der Waals surface area contributed by atoms with Crippen molar-refractivity contribution in [2.24, 2.45) is 0 Å². The average Bonchev–Trinajstić information content (AvgIpc) is 3.14. The van der Waals surface area contributed by atoms with Gasteiger partial charge in [0.05, 0.1) is 22.7 Å². The van der Waals surface area contributed by atoms with E-state index in [-0.39, 0.29) is 0 Å². The highest BCUT2D eigenvalue weighted by Gasteiger charge is 2.29. The van der Waals surface area contributed by atoms with Crippen molar-refractivity contribution in [2.75, 3.05) is 14.7 Å². The summed E-state index contributed by atoms with van der Waals surface area (Å²) in [7, 11) is 0. The Hall–Kier alpha value is -6.46. The Labute approximate surface area is 273 Å². The van der Waals surface area contributed by atoms with E-state index in [0.29, 0.717) is 0 Å². The first-order valence-electron chi connectivity index (χ1n) is 15.7. The van der Waals surface area contributed by atoms with Crippen molar-refractivity contribution in [3.8, 4) is 23.0 Å². The van der Waals surface area contributed by atoms with Crippen molar-refractivity contribution in [2.45, 2.75) is 0 Å². The lowest BCUT2D eigenvalue weighted by molar-refractivity contribution is 0.477. The summed E-state index contributed by atoms with van der Waals surface area (Å²) in [4.78, 5) is 6.76. The van der Waals surface area contributed by atoms with Gasteiger partial charge < -0.3 is 24.2 Å². The summed E-state index contributed by atoms with van der Waals surface area (Å²) in [6.45, 7) is 0. The van der Waals surface area contributed by atoms with Crippen LogP contribution in [-0.4, -0.2) is 0 Å². The molecule has 0 atom stereocenters. The zero-order chi connectivity index (χ0) is 31.2. The smallest absolute Gasteiger partial charge is 0.153 e. The van der Waals surface area contributed by atoms with Crippen LogP contribution >= 0.6 is 0 Å². The standard InChI is InChI=1S/C42H29N3O2/c1-4-14-30(15-5-1)43(33-24-26-37-41(28-33)46-39-22-12-10-20-35(39)44(37)31-16-6-2-7-17-31)34-25-27-38-42(29-34)47-40-23-13-11-21-36(40)45(38)32-18-8-3-9-19-32/h1-29H. The van der Waals surface area contributed by atoms with E-state index in [9.17, 15) is 0 Å². The molecule has 0 bridgehead atoms. The van der Waals surface area contributed by atoms with Gasteiger partial charge in [0.15, 0.2) is 23.0 Å². The fourth-order valence-corrected chi connectivity index (χ4v) is 6.50. The van der Waals surface area contributed by atoms with Crippen LogP contribution in [0.3, 0.4) is 0 Å². The number of anilines is 9. The van der Waals surface area contributed by atoms with Gasteiger partial charge in [-0.2, -0.15) is 0 Å². The third-order valence-electron chi connectivity index (χ3n) is 8.58. The van der Waals surface area contributed by atoms with E-state index in [1.54, 1.807) is 0 Å². The van der Waals surface area contributed by atoms with E-state index in [4.69, 9.17) is 9.47 Å². The van der Waals surface area contributed by atoms with Gasteiger partial charge in [-0.3, -0.25) is 0 Å². The molecule has 0 amide bonds. The molecule has 7 aromatic carbocycles. The normalized spacial score (nSPS) is 12.5. The molecule has 2 aliphatic heterocycles. The van der Waals surface area contributed by atoms with Crippen LogP contribution in [0.4, 0.5) is 51.2 Å². The van der Waals surface area contributed by atoms with Crippen LogP contribution in [0.1, 0.15) is 0 Å². The van der Waals surface area contributed by atoms with Crippen LogP contribution in [-0.2, 0) is 0 Å². The number of hydrogen-bond donors (Lipinski definition) is 0. The maximum absolute atomic E-state index is 6.58. The number of fused-ring (bicyclic) bond motifs is 4. The molecule has 2 heterocycles. The second kappa shape index (κ2) is 11.2. The van der Waals surface area contributed by atoms with Crippen molar-refractivity contribution in [3.05, 3.63) is 176 Å². The Kier molecular flexibility index (Phi) is 6.39. The summed E-state index contributed by atoms with van der Waals surface area (Å²) in [5.74, 6) is 3.19. The van der Waals surface area contributed by atoms with Crippen molar-refractivity contribution in [3.63, 3.8) is 0 Å². The minimum atomic E-state index is 0.782. The minimum Gasteiger partial charge on any atom is -0.453 e. The third-order valence-corrected chi connectivity index (χ3v) is 8.58. The van der Waals surface area contributed by atoms with Crippen LogP contribution in [0.2, 0.25) is 0 Å². The molecule has 224 valence electrons. The van der Waals surface area contributed by atoms with Gasteiger partial charge in [-0.05, 0) is 84.9 Å². The Morgan fingerprint density at radius 3 is 1.17 bits per heavy atom. The summed E-state index contributed by atoms with van der Waals surface area (Å²) in [6, 6.07) is 60.4. The highest BCUT2D eigenvalue weighted by atomic mass is 16.5. The van der Waals surface area contributed by atoms with Gasteiger partial charge in [-0.25, -0.2) is 0 Å². The number of hydrogen-bond acceptors (Lipinski definition) is 5. The third kappa shape index (κ3) is 4.64. The van der Waals surface area contributed by atoms with E-state index in [0.717, 1.165) is 74.2 Å². The van der Waals surface area contributed by atoms with Gasteiger partial charge in [-0.1, -0.05) is 78.9 Å². The fraction of sp³-hybridized carbons (Fsp3) is 0. The number of para-hydroxylation sites is 7. The second-order valence-electron chi connectivity index (χ2n) is 11.5. The molecule has 5 heteroatoms. The molecule has 2 aliphatic rings. The van der Waals surface area contributed by atoms with Crippen LogP contribution in [0.15, 0.2) is 176 Å². The fourth-order valence-electron chi connectivity index (χ4n) is 6.50. The van der Waals surface area contributed by atoms with Crippen molar-refractivity contribution in [1.82, 2.24) is 0 Å². The second-order valence-corrected chi connectivity index (χ2v) is 11.5. The first kappa shape index (κ1) is 26.9. The van der Waals surface area contributed by atoms with Crippen molar-refractivity contribution in [1.29, 1.82) is 0 Å². The Morgan fingerprint density at radius 2 is 0.702 bits per heavy atom. The molecule has 0 aromatic heterocycles. The van der Waals surface area contributed by atoms with Crippen LogP contribution in [0.25, 0.3) is 0 Å². The first-order valence-corrected chi connectivity index (χ1v) is 15.7. The monoisotopic (exact) mass is 607 g/mol. The van der Waals surface area contributed by atoms with E-state index in [1.165, 1.54) is 0 Å². The Bertz CT molecular complexity index is 2080. The lowest BCUT2D eigenvalue weighted by atomic mass is 10.1. The molecule has 0 aliphatic carbocycles. The molecule has 9 rings (SSSR count). The molecule has 47 heavy (non-hydrogen) atoms. The van der Waals surface area contributed by atoms with Gasteiger partial charge in [0.1, 0.15) is 0 Å². The average molecular weight is 608 g/mol. The van der Waals surface area contributed by atoms with Crippen molar-refractivity contribution < 1.29 is 9.47 Å². The molecule has 0 radical (unpaired) electrons. The van der Waals surface area contributed by atoms with Crippen molar-refractivity contribution >= 4 is 51.2 Å². The molecule has 0 spiro atoms. The maximum Gasteiger partial charge on any atom is 0.153 e. The molecular weight excluding hydrogens is 578 g/mol. The molecule has 5 nitrogen and oxygen atoms in total. The van der Waals surface area contributed by atoms with Gasteiger partial charge in [0.25, 0.3) is 0 Å². The quantitative estimate of drug-likeness (QED) is 0.194. The zero-order valence-corrected chi connectivity index (χ0v) is 25.4.